The predicted octanol–water partition coefficient (Wildman–Crippen LogP) is 14.8. The molecule has 0 fully saturated rings. The Kier molecular flexibility index (Phi) is 6.46. The molecule has 0 bridgehead atoms. The molecule has 2 aromatic heterocycles. The standard InChI is InChI=1S/C54H40N2O/c1-53(2)44-17-9-8-15-38(44)41-32-51-43(31-47(41)53)39-27-25-37(30-50(39)57-51)55(35-23-21-34(22-24-35)33-13-6-5-7-14-33)36-26-28-48-42(29-36)40-16-12-19-46-52(40)56(48)49-20-11-10-18-45(49)54(46,3)4/h5-32H,1-4H3. The van der Waals surface area contributed by atoms with Gasteiger partial charge < -0.3 is 13.9 Å². The molecule has 0 spiro atoms. The predicted molar refractivity (Wildman–Crippen MR) is 238 cm³/mol. The number of hydrogen-bond acceptors (Lipinski definition) is 2. The van der Waals surface area contributed by atoms with Crippen LogP contribution in [0.4, 0.5) is 17.1 Å². The first-order valence-electron chi connectivity index (χ1n) is 20.0. The van der Waals surface area contributed by atoms with Gasteiger partial charge in [-0.15, -0.1) is 0 Å². The van der Waals surface area contributed by atoms with Crippen molar-refractivity contribution in [1.82, 2.24) is 4.57 Å². The van der Waals surface area contributed by atoms with Gasteiger partial charge in [-0.25, -0.2) is 0 Å². The van der Waals surface area contributed by atoms with Crippen molar-refractivity contribution in [3.63, 3.8) is 0 Å². The molecule has 10 aromatic rings. The summed E-state index contributed by atoms with van der Waals surface area (Å²) in [6, 6.07) is 62.5. The molecule has 272 valence electrons. The number of fused-ring (bicyclic) bond motifs is 11. The number of anilines is 3. The van der Waals surface area contributed by atoms with E-state index in [1.807, 2.05) is 0 Å². The van der Waals surface area contributed by atoms with E-state index in [4.69, 9.17) is 4.42 Å². The van der Waals surface area contributed by atoms with Gasteiger partial charge in [-0.2, -0.15) is 0 Å². The lowest BCUT2D eigenvalue weighted by Gasteiger charge is -2.34. The molecule has 0 saturated heterocycles. The van der Waals surface area contributed by atoms with Crippen LogP contribution in [0, 0.1) is 0 Å². The van der Waals surface area contributed by atoms with Crippen molar-refractivity contribution in [3.05, 3.63) is 192 Å². The average Bonchev–Trinajstić information content (AvgIpc) is 3.85. The summed E-state index contributed by atoms with van der Waals surface area (Å²) in [5.74, 6) is 0. The smallest absolute Gasteiger partial charge is 0.137 e. The fraction of sp³-hybridized carbons (Fsp3) is 0.111. The Morgan fingerprint density at radius 2 is 1.07 bits per heavy atom. The van der Waals surface area contributed by atoms with E-state index in [-0.39, 0.29) is 10.8 Å². The van der Waals surface area contributed by atoms with Crippen LogP contribution >= 0.6 is 0 Å². The van der Waals surface area contributed by atoms with Gasteiger partial charge >= 0.3 is 0 Å². The third-order valence-corrected chi connectivity index (χ3v) is 13.2. The minimum Gasteiger partial charge on any atom is -0.456 e. The van der Waals surface area contributed by atoms with Gasteiger partial charge in [0.1, 0.15) is 11.2 Å². The van der Waals surface area contributed by atoms with E-state index < -0.39 is 0 Å². The molecule has 57 heavy (non-hydrogen) atoms. The summed E-state index contributed by atoms with van der Waals surface area (Å²) in [4.78, 5) is 2.38. The average molecular weight is 733 g/mol. The minimum atomic E-state index is -0.114. The van der Waals surface area contributed by atoms with E-state index in [1.54, 1.807) is 0 Å². The molecule has 2 aliphatic rings. The fourth-order valence-electron chi connectivity index (χ4n) is 10.3. The van der Waals surface area contributed by atoms with Crippen LogP contribution in [-0.4, -0.2) is 4.57 Å². The zero-order valence-electron chi connectivity index (χ0n) is 32.5. The molecule has 0 radical (unpaired) electrons. The first-order valence-corrected chi connectivity index (χ1v) is 20.0. The van der Waals surface area contributed by atoms with Gasteiger partial charge in [-0.1, -0.05) is 131 Å². The van der Waals surface area contributed by atoms with E-state index >= 15 is 0 Å². The third-order valence-electron chi connectivity index (χ3n) is 13.2. The van der Waals surface area contributed by atoms with E-state index in [2.05, 4.69) is 207 Å². The number of rotatable bonds is 4. The molecule has 0 atom stereocenters. The normalized spacial score (nSPS) is 14.6. The Bertz CT molecular complexity index is 3290. The van der Waals surface area contributed by atoms with Gasteiger partial charge in [-0.05, 0) is 105 Å². The van der Waals surface area contributed by atoms with Crippen LogP contribution in [0.3, 0.4) is 0 Å². The number of furan rings is 1. The highest BCUT2D eigenvalue weighted by Crippen LogP contribution is 2.52. The zero-order valence-corrected chi connectivity index (χ0v) is 32.5. The second-order valence-electron chi connectivity index (χ2n) is 17.0. The van der Waals surface area contributed by atoms with Crippen LogP contribution in [0.2, 0.25) is 0 Å². The van der Waals surface area contributed by atoms with Gasteiger partial charge in [0.2, 0.25) is 0 Å². The maximum atomic E-state index is 6.79. The highest BCUT2D eigenvalue weighted by Gasteiger charge is 2.37. The fourth-order valence-corrected chi connectivity index (χ4v) is 10.3. The van der Waals surface area contributed by atoms with Crippen molar-refractivity contribution in [2.24, 2.45) is 0 Å². The molecule has 0 amide bonds. The summed E-state index contributed by atoms with van der Waals surface area (Å²) in [7, 11) is 0. The number of nitrogens with zero attached hydrogens (tertiary/aromatic N) is 2. The molecule has 3 nitrogen and oxygen atoms in total. The van der Waals surface area contributed by atoms with E-state index in [9.17, 15) is 0 Å². The van der Waals surface area contributed by atoms with Crippen LogP contribution < -0.4 is 4.90 Å². The summed E-state index contributed by atoms with van der Waals surface area (Å²) < 4.78 is 9.28. The minimum absolute atomic E-state index is 0.0772. The monoisotopic (exact) mass is 732 g/mol. The van der Waals surface area contributed by atoms with E-state index in [0.29, 0.717) is 0 Å². The van der Waals surface area contributed by atoms with Gasteiger partial charge in [0.05, 0.1) is 16.7 Å². The summed E-state index contributed by atoms with van der Waals surface area (Å²) >= 11 is 0. The highest BCUT2D eigenvalue weighted by atomic mass is 16.3. The van der Waals surface area contributed by atoms with E-state index in [0.717, 1.165) is 39.0 Å². The highest BCUT2D eigenvalue weighted by molar-refractivity contribution is 6.13. The Morgan fingerprint density at radius 3 is 1.91 bits per heavy atom. The van der Waals surface area contributed by atoms with Crippen molar-refractivity contribution < 1.29 is 4.42 Å². The SMILES string of the molecule is CC1(C)c2ccccc2-c2cc3oc4cc(N(c5ccc(-c6ccccc6)cc5)c5ccc6c(c5)c5cccc7c5n6-c5ccccc5C7(C)C)ccc4c3cc21. The van der Waals surface area contributed by atoms with Crippen molar-refractivity contribution in [1.29, 1.82) is 0 Å². The van der Waals surface area contributed by atoms with Crippen LogP contribution in [0.25, 0.3) is 71.7 Å². The molecule has 3 heterocycles. The van der Waals surface area contributed by atoms with E-state index in [1.165, 1.54) is 72.0 Å². The zero-order chi connectivity index (χ0) is 38.2. The lowest BCUT2D eigenvalue weighted by Crippen LogP contribution is -2.26. The Morgan fingerprint density at radius 1 is 0.421 bits per heavy atom. The maximum Gasteiger partial charge on any atom is 0.137 e. The molecular weight excluding hydrogens is 693 g/mol. The van der Waals surface area contributed by atoms with Gasteiger partial charge in [0.15, 0.2) is 0 Å². The van der Waals surface area contributed by atoms with Crippen LogP contribution in [-0.2, 0) is 10.8 Å². The maximum absolute atomic E-state index is 6.79. The quantitative estimate of drug-likeness (QED) is 0.180. The molecule has 0 N–H and O–H groups in total. The molecule has 0 saturated carbocycles. The molecular formula is C54H40N2O. The Balaban J connectivity index is 1.06. The van der Waals surface area contributed by atoms with Gasteiger partial charge in [-0.3, -0.25) is 0 Å². The van der Waals surface area contributed by atoms with Crippen molar-refractivity contribution in [3.8, 4) is 27.9 Å². The van der Waals surface area contributed by atoms with Crippen LogP contribution in [0.15, 0.2) is 174 Å². The topological polar surface area (TPSA) is 21.3 Å². The van der Waals surface area contributed by atoms with Crippen LogP contribution in [0.1, 0.15) is 49.9 Å². The third kappa shape index (κ3) is 4.43. The number of para-hydroxylation sites is 2. The van der Waals surface area contributed by atoms with Gasteiger partial charge in [0, 0.05) is 55.5 Å². The first kappa shape index (κ1) is 32.4. The molecule has 1 aliphatic heterocycles. The molecule has 3 heteroatoms. The molecule has 8 aromatic carbocycles. The van der Waals surface area contributed by atoms with Crippen LogP contribution in [0.5, 0.6) is 0 Å². The Hall–Kier alpha value is -6.84. The largest absolute Gasteiger partial charge is 0.456 e. The summed E-state index contributed by atoms with van der Waals surface area (Å²) in [6.07, 6.45) is 0. The number of hydrogen-bond donors (Lipinski definition) is 0. The second-order valence-corrected chi connectivity index (χ2v) is 17.0. The number of aromatic nitrogens is 1. The summed E-state index contributed by atoms with van der Waals surface area (Å²) in [5, 5.41) is 4.81. The summed E-state index contributed by atoms with van der Waals surface area (Å²) in [5.41, 5.74) is 19.0. The molecule has 12 rings (SSSR count). The van der Waals surface area contributed by atoms with Crippen molar-refractivity contribution in [2.75, 3.05) is 4.90 Å². The number of benzene rings is 8. The van der Waals surface area contributed by atoms with Gasteiger partial charge in [0.25, 0.3) is 0 Å². The first-order chi connectivity index (χ1) is 27.8. The van der Waals surface area contributed by atoms with Crippen molar-refractivity contribution in [2.45, 2.75) is 38.5 Å². The molecule has 0 unspecified atom stereocenters. The lowest BCUT2D eigenvalue weighted by atomic mass is 9.75. The van der Waals surface area contributed by atoms with Crippen molar-refractivity contribution >= 4 is 60.8 Å². The molecule has 1 aliphatic carbocycles. The Labute approximate surface area is 332 Å². The second kappa shape index (κ2) is 11.4. The summed E-state index contributed by atoms with van der Waals surface area (Å²) in [6.45, 7) is 9.39. The lowest BCUT2D eigenvalue weighted by molar-refractivity contribution is 0.630.